The van der Waals surface area contributed by atoms with Crippen molar-refractivity contribution in [2.45, 2.75) is 38.8 Å². The number of nitrogen functional groups attached to an aromatic ring is 1. The van der Waals surface area contributed by atoms with E-state index in [0.717, 1.165) is 12.8 Å². The Morgan fingerprint density at radius 1 is 1.67 bits per heavy atom. The van der Waals surface area contributed by atoms with Gasteiger partial charge in [-0.15, -0.1) is 0 Å². The fourth-order valence-corrected chi connectivity index (χ4v) is 1.46. The molecular formula is C10H16N4O. The molecule has 2 rings (SSSR count). The van der Waals surface area contributed by atoms with Crippen molar-refractivity contribution in [3.63, 3.8) is 0 Å². The molecule has 0 unspecified atom stereocenters. The molecule has 1 amide bonds. The van der Waals surface area contributed by atoms with E-state index in [1.165, 1.54) is 0 Å². The van der Waals surface area contributed by atoms with Crippen LogP contribution in [-0.4, -0.2) is 21.7 Å². The molecule has 0 spiro atoms. The van der Waals surface area contributed by atoms with Gasteiger partial charge in [-0.3, -0.25) is 9.48 Å². The van der Waals surface area contributed by atoms with Gasteiger partial charge in [0.2, 0.25) is 0 Å². The molecule has 1 aromatic rings. The maximum atomic E-state index is 11.8. The summed E-state index contributed by atoms with van der Waals surface area (Å²) in [6.45, 7) is 3.95. The van der Waals surface area contributed by atoms with E-state index in [0.29, 0.717) is 17.6 Å². The van der Waals surface area contributed by atoms with Gasteiger partial charge in [0.15, 0.2) is 0 Å². The van der Waals surface area contributed by atoms with Crippen LogP contribution >= 0.6 is 0 Å². The summed E-state index contributed by atoms with van der Waals surface area (Å²) >= 11 is 0. The van der Waals surface area contributed by atoms with Gasteiger partial charge in [0.1, 0.15) is 11.5 Å². The molecule has 0 saturated heterocycles. The summed E-state index contributed by atoms with van der Waals surface area (Å²) in [5, 5.41) is 7.02. The van der Waals surface area contributed by atoms with Gasteiger partial charge in [-0.2, -0.15) is 5.10 Å². The lowest BCUT2D eigenvalue weighted by molar-refractivity contribution is 0.0938. The molecule has 82 valence electrons. The first-order valence-corrected chi connectivity index (χ1v) is 5.24. The Balaban J connectivity index is 2.20. The van der Waals surface area contributed by atoms with Crippen molar-refractivity contribution >= 4 is 11.7 Å². The first kappa shape index (κ1) is 10.0. The van der Waals surface area contributed by atoms with Gasteiger partial charge >= 0.3 is 0 Å². The first-order valence-electron chi connectivity index (χ1n) is 5.24. The first-order chi connectivity index (χ1) is 7.08. The number of anilines is 1. The van der Waals surface area contributed by atoms with Crippen LogP contribution in [0.3, 0.4) is 0 Å². The zero-order chi connectivity index (χ0) is 11.0. The van der Waals surface area contributed by atoms with E-state index in [1.807, 2.05) is 13.8 Å². The minimum absolute atomic E-state index is 0.0737. The summed E-state index contributed by atoms with van der Waals surface area (Å²) in [5.41, 5.74) is 6.14. The fourth-order valence-electron chi connectivity index (χ4n) is 1.46. The monoisotopic (exact) mass is 208 g/mol. The second kappa shape index (κ2) is 3.56. The lowest BCUT2D eigenvalue weighted by atomic mass is 10.3. The Labute approximate surface area is 88.6 Å². The molecule has 3 N–H and O–H groups in total. The quantitative estimate of drug-likeness (QED) is 0.776. The van der Waals surface area contributed by atoms with Gasteiger partial charge in [-0.25, -0.2) is 0 Å². The van der Waals surface area contributed by atoms with Gasteiger partial charge in [0.25, 0.3) is 5.91 Å². The molecule has 0 aliphatic heterocycles. The van der Waals surface area contributed by atoms with Crippen molar-refractivity contribution in [1.29, 1.82) is 0 Å². The van der Waals surface area contributed by atoms with Crippen molar-refractivity contribution in [3.8, 4) is 0 Å². The number of carbonyl (C=O) groups is 1. The third-order valence-corrected chi connectivity index (χ3v) is 2.39. The Morgan fingerprint density at radius 2 is 2.33 bits per heavy atom. The third kappa shape index (κ3) is 2.11. The van der Waals surface area contributed by atoms with E-state index in [9.17, 15) is 4.79 Å². The highest BCUT2D eigenvalue weighted by Crippen LogP contribution is 2.20. The normalized spacial score (nSPS) is 15.7. The molecule has 1 heterocycles. The van der Waals surface area contributed by atoms with E-state index < -0.39 is 0 Å². The maximum Gasteiger partial charge on any atom is 0.269 e. The van der Waals surface area contributed by atoms with Crippen molar-refractivity contribution in [2.75, 3.05) is 5.73 Å². The number of nitrogens with two attached hydrogens (primary N) is 1. The molecule has 5 heteroatoms. The van der Waals surface area contributed by atoms with Crippen LogP contribution in [0.15, 0.2) is 6.07 Å². The van der Waals surface area contributed by atoms with Crippen molar-refractivity contribution < 1.29 is 4.79 Å². The van der Waals surface area contributed by atoms with Gasteiger partial charge < -0.3 is 11.1 Å². The van der Waals surface area contributed by atoms with Gasteiger partial charge in [-0.1, -0.05) is 0 Å². The molecule has 1 saturated carbocycles. The zero-order valence-electron chi connectivity index (χ0n) is 9.03. The Kier molecular flexibility index (Phi) is 2.38. The third-order valence-electron chi connectivity index (χ3n) is 2.39. The van der Waals surface area contributed by atoms with E-state index in [1.54, 1.807) is 10.7 Å². The van der Waals surface area contributed by atoms with Crippen LogP contribution in [0, 0.1) is 0 Å². The van der Waals surface area contributed by atoms with Crippen molar-refractivity contribution in [1.82, 2.24) is 15.1 Å². The minimum Gasteiger partial charge on any atom is -0.382 e. The van der Waals surface area contributed by atoms with Crippen molar-refractivity contribution in [3.05, 3.63) is 11.8 Å². The molecule has 1 aromatic heterocycles. The number of carbonyl (C=O) groups excluding carboxylic acids is 1. The largest absolute Gasteiger partial charge is 0.382 e. The van der Waals surface area contributed by atoms with Crippen LogP contribution < -0.4 is 11.1 Å². The van der Waals surface area contributed by atoms with Crippen LogP contribution in [-0.2, 0) is 0 Å². The number of amides is 1. The SMILES string of the molecule is CC(C)n1nc(N)cc1C(=O)NC1CC1. The van der Waals surface area contributed by atoms with Crippen LogP contribution in [0.4, 0.5) is 5.82 Å². The summed E-state index contributed by atoms with van der Waals surface area (Å²) in [6, 6.07) is 2.12. The van der Waals surface area contributed by atoms with Crippen molar-refractivity contribution in [2.24, 2.45) is 0 Å². The van der Waals surface area contributed by atoms with Crippen LogP contribution in [0.5, 0.6) is 0 Å². The Bertz CT molecular complexity index is 379. The lowest BCUT2D eigenvalue weighted by Gasteiger charge is -2.10. The summed E-state index contributed by atoms with van der Waals surface area (Å²) in [7, 11) is 0. The number of hydrogen-bond acceptors (Lipinski definition) is 3. The smallest absolute Gasteiger partial charge is 0.269 e. The van der Waals surface area contributed by atoms with E-state index >= 15 is 0 Å². The average Bonchev–Trinajstić information content (AvgIpc) is 2.86. The van der Waals surface area contributed by atoms with Gasteiger partial charge in [0, 0.05) is 18.2 Å². The number of aromatic nitrogens is 2. The highest BCUT2D eigenvalue weighted by atomic mass is 16.2. The second-order valence-corrected chi connectivity index (χ2v) is 4.24. The Morgan fingerprint density at radius 3 is 2.87 bits per heavy atom. The van der Waals surface area contributed by atoms with E-state index in [4.69, 9.17) is 5.73 Å². The predicted molar refractivity (Wildman–Crippen MR) is 57.5 cm³/mol. The molecule has 0 aromatic carbocycles. The number of nitrogens with one attached hydrogen (secondary N) is 1. The summed E-state index contributed by atoms with van der Waals surface area (Å²) in [5.74, 6) is 0.319. The summed E-state index contributed by atoms with van der Waals surface area (Å²) in [6.07, 6.45) is 2.16. The highest BCUT2D eigenvalue weighted by Gasteiger charge is 2.26. The molecule has 5 nitrogen and oxygen atoms in total. The molecule has 15 heavy (non-hydrogen) atoms. The van der Waals surface area contributed by atoms with Crippen LogP contribution in [0.1, 0.15) is 43.2 Å². The average molecular weight is 208 g/mol. The highest BCUT2D eigenvalue weighted by molar-refractivity contribution is 5.93. The molecule has 1 fully saturated rings. The topological polar surface area (TPSA) is 72.9 Å². The second-order valence-electron chi connectivity index (χ2n) is 4.24. The minimum atomic E-state index is -0.0737. The maximum absolute atomic E-state index is 11.8. The predicted octanol–water partition coefficient (Wildman–Crippen LogP) is 0.938. The van der Waals surface area contributed by atoms with E-state index in [-0.39, 0.29) is 11.9 Å². The van der Waals surface area contributed by atoms with Crippen LogP contribution in [0.25, 0.3) is 0 Å². The Hall–Kier alpha value is -1.52. The summed E-state index contributed by atoms with van der Waals surface area (Å²) < 4.78 is 1.66. The number of hydrogen-bond donors (Lipinski definition) is 2. The van der Waals surface area contributed by atoms with E-state index in [2.05, 4.69) is 10.4 Å². The standard InChI is InChI=1S/C10H16N4O/c1-6(2)14-8(5-9(11)13-14)10(15)12-7-3-4-7/h5-7H,3-4H2,1-2H3,(H2,11,13)(H,12,15). The number of nitrogens with zero attached hydrogens (tertiary/aromatic N) is 2. The van der Waals surface area contributed by atoms with Crippen LogP contribution in [0.2, 0.25) is 0 Å². The molecule has 1 aliphatic carbocycles. The molecular weight excluding hydrogens is 192 g/mol. The number of rotatable bonds is 3. The zero-order valence-corrected chi connectivity index (χ0v) is 9.03. The molecule has 0 radical (unpaired) electrons. The lowest BCUT2D eigenvalue weighted by Crippen LogP contribution is -2.28. The molecule has 1 aliphatic rings. The fraction of sp³-hybridized carbons (Fsp3) is 0.600. The van der Waals surface area contributed by atoms with Gasteiger partial charge in [0.05, 0.1) is 0 Å². The molecule has 0 bridgehead atoms. The van der Waals surface area contributed by atoms with Gasteiger partial charge in [-0.05, 0) is 26.7 Å². The molecule has 0 atom stereocenters. The summed E-state index contributed by atoms with van der Waals surface area (Å²) in [4.78, 5) is 11.8.